The van der Waals surface area contributed by atoms with E-state index in [1.165, 1.54) is 14.2 Å². The Balaban J connectivity index is 4.23. The second-order valence-corrected chi connectivity index (χ2v) is 6.13. The molecule has 0 aliphatic heterocycles. The number of hydrogen-bond acceptors (Lipinski definition) is 4. The molecule has 0 saturated carbocycles. The molecule has 0 bridgehead atoms. The first-order valence-corrected chi connectivity index (χ1v) is 6.28. The number of carbonyl (C=O) groups is 1. The number of carbonyl (C=O) groups excluding carboxylic acids is 1. The number of nitrogens with one attached hydrogen (secondary N) is 1. The molecule has 0 aromatic carbocycles. The topological polar surface area (TPSA) is 47.6 Å². The Morgan fingerprint density at radius 3 is 2.17 bits per heavy atom. The zero-order valence-electron chi connectivity index (χ0n) is 6.41. The molecule has 0 fully saturated rings. The quantitative estimate of drug-likeness (QED) is 0.607. The van der Waals surface area contributed by atoms with Crippen molar-refractivity contribution in [2.45, 2.75) is 4.84 Å². The van der Waals surface area contributed by atoms with Crippen LogP contribution >= 0.6 is 29.8 Å². The molecule has 8 heteroatoms. The summed E-state index contributed by atoms with van der Waals surface area (Å²) in [5.41, 5.74) is 0. The van der Waals surface area contributed by atoms with Crippen molar-refractivity contribution >= 4 is 47.6 Å². The maximum atomic E-state index is 10.9. The van der Waals surface area contributed by atoms with Crippen molar-refractivity contribution in [2.75, 3.05) is 14.2 Å². The van der Waals surface area contributed by atoms with E-state index in [0.29, 0.717) is 0 Å². The molecule has 0 aromatic heterocycles. The summed E-state index contributed by atoms with van der Waals surface area (Å²) in [6.07, 6.45) is 0. The maximum absolute atomic E-state index is 10.9. The van der Waals surface area contributed by atoms with Crippen molar-refractivity contribution in [3.05, 3.63) is 0 Å². The monoisotopic (exact) mass is 251 g/mol. The molecule has 0 aromatic rings. The normalized spacial score (nSPS) is 11.8. The lowest BCUT2D eigenvalue weighted by atomic mass is 10.8. The molecule has 1 N–H and O–H groups in total. The second kappa shape index (κ2) is 5.37. The van der Waals surface area contributed by atoms with E-state index in [4.69, 9.17) is 44.1 Å². The molecule has 0 atom stereocenters. The molecule has 0 rings (SSSR count). The van der Waals surface area contributed by atoms with E-state index < -0.39 is 17.4 Å². The first-order chi connectivity index (χ1) is 5.45. The van der Waals surface area contributed by atoms with E-state index in [1.54, 1.807) is 0 Å². The van der Waals surface area contributed by atoms with Gasteiger partial charge in [-0.1, -0.05) is 23.2 Å². The molecule has 0 aliphatic rings. The Hall–Kier alpha value is 0.620. The Bertz CT molecular complexity index is 204. The zero-order chi connectivity index (χ0) is 9.78. The molecule has 0 spiro atoms. The average Bonchev–Trinajstić information content (AvgIpc) is 2.04. The van der Waals surface area contributed by atoms with Crippen LogP contribution in [0.4, 0.5) is 0 Å². The largest absolute Gasteiger partial charge is 0.317 e. The van der Waals surface area contributed by atoms with Gasteiger partial charge in [-0.15, -0.1) is 0 Å². The number of alkyl halides is 2. The summed E-state index contributed by atoms with van der Waals surface area (Å²) in [6.45, 7) is -2.73. The molecular formula is C4H8Cl2NO3PS. The van der Waals surface area contributed by atoms with Gasteiger partial charge in [0.15, 0.2) is 4.84 Å². The smallest absolute Gasteiger partial charge is 0.289 e. The van der Waals surface area contributed by atoms with Gasteiger partial charge in [0.25, 0.3) is 12.5 Å². The van der Waals surface area contributed by atoms with Gasteiger partial charge in [-0.3, -0.25) is 9.88 Å². The van der Waals surface area contributed by atoms with E-state index >= 15 is 0 Å². The minimum Gasteiger partial charge on any atom is -0.317 e. The van der Waals surface area contributed by atoms with Crippen LogP contribution in [0, 0.1) is 0 Å². The lowest BCUT2D eigenvalue weighted by Gasteiger charge is -2.18. The Morgan fingerprint density at radius 2 is 1.92 bits per heavy atom. The predicted octanol–water partition coefficient (Wildman–Crippen LogP) is 1.42. The third-order valence-corrected chi connectivity index (χ3v) is 3.95. The number of amides is 1. The summed E-state index contributed by atoms with van der Waals surface area (Å²) in [5.74, 6) is -0.620. The first kappa shape index (κ1) is 12.6. The molecular weight excluding hydrogens is 244 g/mol. The van der Waals surface area contributed by atoms with Crippen LogP contribution < -0.4 is 5.09 Å². The van der Waals surface area contributed by atoms with Crippen LogP contribution in [-0.2, 0) is 25.6 Å². The van der Waals surface area contributed by atoms with Gasteiger partial charge in [-0.05, 0) is 11.8 Å². The van der Waals surface area contributed by atoms with Gasteiger partial charge in [0.1, 0.15) is 0 Å². The minimum absolute atomic E-state index is 0.620. The van der Waals surface area contributed by atoms with Crippen molar-refractivity contribution < 1.29 is 13.8 Å². The van der Waals surface area contributed by atoms with E-state index in [9.17, 15) is 4.79 Å². The van der Waals surface area contributed by atoms with Crippen molar-refractivity contribution in [3.8, 4) is 0 Å². The maximum Gasteiger partial charge on any atom is 0.289 e. The average molecular weight is 252 g/mol. The predicted molar refractivity (Wildman–Crippen MR) is 51.9 cm³/mol. The molecule has 0 radical (unpaired) electrons. The molecule has 1 amide bonds. The summed E-state index contributed by atoms with van der Waals surface area (Å²) in [7, 11) is 2.67. The number of hydrogen-bond donors (Lipinski definition) is 1. The summed E-state index contributed by atoms with van der Waals surface area (Å²) >= 11 is 15.3. The standard InChI is InChI=1S/C4H8Cl2NO3PS/c1-9-11(12,10-2)7-4(8)3(5)6/h3H,1-2H3,(H,7,8,12). The molecule has 0 heterocycles. The van der Waals surface area contributed by atoms with E-state index in [1.807, 2.05) is 0 Å². The molecule has 0 aliphatic carbocycles. The molecule has 12 heavy (non-hydrogen) atoms. The van der Waals surface area contributed by atoms with Gasteiger partial charge < -0.3 is 9.05 Å². The van der Waals surface area contributed by atoms with Gasteiger partial charge in [0, 0.05) is 14.2 Å². The third kappa shape index (κ3) is 4.03. The van der Waals surface area contributed by atoms with Gasteiger partial charge >= 0.3 is 0 Å². The van der Waals surface area contributed by atoms with Crippen LogP contribution in [0.5, 0.6) is 0 Å². The van der Waals surface area contributed by atoms with Crippen LogP contribution in [-0.4, -0.2) is 25.0 Å². The van der Waals surface area contributed by atoms with Crippen molar-refractivity contribution in [3.63, 3.8) is 0 Å². The summed E-state index contributed by atoms with van der Waals surface area (Å²) in [6, 6.07) is 0. The van der Waals surface area contributed by atoms with E-state index in [2.05, 4.69) is 5.09 Å². The van der Waals surface area contributed by atoms with Crippen LogP contribution in [0.2, 0.25) is 0 Å². The number of rotatable bonds is 4. The van der Waals surface area contributed by atoms with Crippen LogP contribution in [0.25, 0.3) is 0 Å². The summed E-state index contributed by atoms with van der Waals surface area (Å²) < 4.78 is 9.52. The van der Waals surface area contributed by atoms with Gasteiger partial charge in [0.05, 0.1) is 0 Å². The number of halogens is 2. The van der Waals surface area contributed by atoms with E-state index in [0.717, 1.165) is 0 Å². The van der Waals surface area contributed by atoms with Crippen molar-refractivity contribution in [1.82, 2.24) is 5.09 Å². The molecule has 0 saturated heterocycles. The highest BCUT2D eigenvalue weighted by molar-refractivity contribution is 8.09. The van der Waals surface area contributed by atoms with Crippen LogP contribution in [0.1, 0.15) is 0 Å². The van der Waals surface area contributed by atoms with Crippen LogP contribution in [0.15, 0.2) is 0 Å². The molecule has 72 valence electrons. The highest BCUT2D eigenvalue weighted by Crippen LogP contribution is 2.42. The fraction of sp³-hybridized carbons (Fsp3) is 0.750. The molecule has 4 nitrogen and oxygen atoms in total. The Morgan fingerprint density at radius 1 is 1.50 bits per heavy atom. The SMILES string of the molecule is COP(=S)(NC(=O)C(Cl)Cl)OC. The fourth-order valence-electron chi connectivity index (χ4n) is 0.350. The minimum atomic E-state index is -2.73. The van der Waals surface area contributed by atoms with Gasteiger partial charge in [-0.2, -0.15) is 0 Å². The highest BCUT2D eigenvalue weighted by Gasteiger charge is 2.22. The van der Waals surface area contributed by atoms with Crippen molar-refractivity contribution in [2.24, 2.45) is 0 Å². The van der Waals surface area contributed by atoms with Gasteiger partial charge in [0.2, 0.25) is 0 Å². The van der Waals surface area contributed by atoms with E-state index in [-0.39, 0.29) is 0 Å². The zero-order valence-corrected chi connectivity index (χ0v) is 9.64. The fourth-order valence-corrected chi connectivity index (χ4v) is 1.61. The second-order valence-electron chi connectivity index (χ2n) is 1.64. The summed E-state index contributed by atoms with van der Waals surface area (Å²) in [5, 5.41) is 2.27. The van der Waals surface area contributed by atoms with Gasteiger partial charge in [-0.25, -0.2) is 0 Å². The lowest BCUT2D eigenvalue weighted by Crippen LogP contribution is -2.26. The lowest BCUT2D eigenvalue weighted by molar-refractivity contribution is -0.118. The van der Waals surface area contributed by atoms with Crippen LogP contribution in [0.3, 0.4) is 0 Å². The highest BCUT2D eigenvalue weighted by atomic mass is 35.5. The summed E-state index contributed by atoms with van der Waals surface area (Å²) in [4.78, 5) is 9.73. The Kier molecular flexibility index (Phi) is 5.65. The third-order valence-electron chi connectivity index (χ3n) is 0.926. The van der Waals surface area contributed by atoms with Crippen molar-refractivity contribution in [1.29, 1.82) is 0 Å². The Labute approximate surface area is 85.7 Å². The molecule has 0 unspecified atom stereocenters. The first-order valence-electron chi connectivity index (χ1n) is 2.77.